The lowest BCUT2D eigenvalue weighted by atomic mass is 9.98. The number of carbonyl (C=O) groups is 1. The van der Waals surface area contributed by atoms with Crippen LogP contribution in [0.25, 0.3) is 0 Å². The lowest BCUT2D eigenvalue weighted by Crippen LogP contribution is -2.12. The van der Waals surface area contributed by atoms with E-state index in [-0.39, 0.29) is 5.91 Å². The van der Waals surface area contributed by atoms with Gasteiger partial charge in [-0.1, -0.05) is 26.0 Å². The van der Waals surface area contributed by atoms with Gasteiger partial charge >= 0.3 is 0 Å². The van der Waals surface area contributed by atoms with Crippen LogP contribution in [0, 0.1) is 0 Å². The standard InChI is InChI=1S/C22H29NO4/c1-6-15(2)17-8-10-18(11-9-17)23-21(24)12-7-16-13-19(25-3)22(27-5)20(14-16)26-4/h8-11,13-15H,6-7,12H2,1-5H3,(H,23,24)/t15-/m0/s1. The molecule has 0 radical (unpaired) electrons. The van der Waals surface area contributed by atoms with Crippen LogP contribution in [-0.4, -0.2) is 27.2 Å². The van der Waals surface area contributed by atoms with Gasteiger partial charge in [0.25, 0.3) is 0 Å². The summed E-state index contributed by atoms with van der Waals surface area (Å²) >= 11 is 0. The molecule has 0 saturated carbocycles. The maximum atomic E-state index is 12.3. The first-order chi connectivity index (χ1) is 13.0. The first kappa shape index (κ1) is 20.6. The monoisotopic (exact) mass is 371 g/mol. The van der Waals surface area contributed by atoms with Crippen molar-refractivity contribution in [3.05, 3.63) is 47.5 Å². The minimum atomic E-state index is -0.0277. The van der Waals surface area contributed by atoms with Crippen LogP contribution in [0.15, 0.2) is 36.4 Å². The van der Waals surface area contributed by atoms with Gasteiger partial charge in [-0.05, 0) is 54.2 Å². The highest BCUT2D eigenvalue weighted by atomic mass is 16.5. The Bertz CT molecular complexity index is 730. The van der Waals surface area contributed by atoms with Crippen molar-refractivity contribution >= 4 is 11.6 Å². The maximum Gasteiger partial charge on any atom is 0.224 e. The number of carbonyl (C=O) groups excluding carboxylic acids is 1. The second-order valence-corrected chi connectivity index (χ2v) is 6.51. The lowest BCUT2D eigenvalue weighted by molar-refractivity contribution is -0.116. The Morgan fingerprint density at radius 3 is 2.07 bits per heavy atom. The smallest absolute Gasteiger partial charge is 0.224 e. The summed E-state index contributed by atoms with van der Waals surface area (Å²) in [6, 6.07) is 11.8. The number of amides is 1. The van der Waals surface area contributed by atoms with Gasteiger partial charge in [0.05, 0.1) is 21.3 Å². The zero-order valence-electron chi connectivity index (χ0n) is 16.8. The van der Waals surface area contributed by atoms with Gasteiger partial charge in [-0.2, -0.15) is 0 Å². The van der Waals surface area contributed by atoms with E-state index in [1.54, 1.807) is 21.3 Å². The molecule has 0 spiro atoms. The molecular weight excluding hydrogens is 342 g/mol. The summed E-state index contributed by atoms with van der Waals surface area (Å²) in [6.07, 6.45) is 2.04. The molecule has 27 heavy (non-hydrogen) atoms. The number of nitrogens with one attached hydrogen (secondary N) is 1. The summed E-state index contributed by atoms with van der Waals surface area (Å²) in [7, 11) is 4.73. The third kappa shape index (κ3) is 5.39. The molecule has 1 amide bonds. The molecule has 2 aromatic carbocycles. The molecule has 0 heterocycles. The quantitative estimate of drug-likeness (QED) is 0.688. The van der Waals surface area contributed by atoms with Gasteiger partial charge in [0.15, 0.2) is 11.5 Å². The van der Waals surface area contributed by atoms with Gasteiger partial charge in [-0.25, -0.2) is 0 Å². The lowest BCUT2D eigenvalue weighted by Gasteiger charge is -2.14. The van der Waals surface area contributed by atoms with Crippen molar-refractivity contribution in [2.75, 3.05) is 26.6 Å². The Balaban J connectivity index is 1.99. The Morgan fingerprint density at radius 1 is 1.00 bits per heavy atom. The Hall–Kier alpha value is -2.69. The van der Waals surface area contributed by atoms with Gasteiger partial charge in [-0.15, -0.1) is 0 Å². The topological polar surface area (TPSA) is 56.8 Å². The van der Waals surface area contributed by atoms with Crippen molar-refractivity contribution < 1.29 is 19.0 Å². The van der Waals surface area contributed by atoms with Crippen LogP contribution in [-0.2, 0) is 11.2 Å². The summed E-state index contributed by atoms with van der Waals surface area (Å²) in [5.74, 6) is 2.23. The molecular formula is C22H29NO4. The van der Waals surface area contributed by atoms with Gasteiger partial charge in [0.2, 0.25) is 11.7 Å². The number of rotatable bonds is 9. The normalized spacial score (nSPS) is 11.6. The zero-order valence-corrected chi connectivity index (χ0v) is 16.8. The zero-order chi connectivity index (χ0) is 19.8. The van der Waals surface area contributed by atoms with Gasteiger partial charge < -0.3 is 19.5 Å². The Kier molecular flexibility index (Phi) is 7.53. The third-order valence-corrected chi connectivity index (χ3v) is 4.74. The first-order valence-corrected chi connectivity index (χ1v) is 9.21. The molecule has 2 aromatic rings. The molecule has 1 atom stereocenters. The second kappa shape index (κ2) is 9.86. The highest BCUT2D eigenvalue weighted by Gasteiger charge is 2.14. The molecule has 146 valence electrons. The molecule has 0 aliphatic rings. The fourth-order valence-corrected chi connectivity index (χ4v) is 2.89. The van der Waals surface area contributed by atoms with Gasteiger partial charge in [-0.3, -0.25) is 4.79 Å². The van der Waals surface area contributed by atoms with Crippen molar-refractivity contribution in [2.45, 2.75) is 39.0 Å². The Morgan fingerprint density at radius 2 is 1.59 bits per heavy atom. The number of aryl methyl sites for hydroxylation is 1. The average molecular weight is 371 g/mol. The highest BCUT2D eigenvalue weighted by molar-refractivity contribution is 5.90. The van der Waals surface area contributed by atoms with Gasteiger partial charge in [0.1, 0.15) is 0 Å². The van der Waals surface area contributed by atoms with E-state index < -0.39 is 0 Å². The highest BCUT2D eigenvalue weighted by Crippen LogP contribution is 2.38. The van der Waals surface area contributed by atoms with Crippen LogP contribution in [0.5, 0.6) is 17.2 Å². The predicted molar refractivity (Wildman–Crippen MR) is 108 cm³/mol. The molecule has 0 bridgehead atoms. The number of ether oxygens (including phenoxy) is 3. The van der Waals surface area contributed by atoms with E-state index in [4.69, 9.17) is 14.2 Å². The van der Waals surface area contributed by atoms with Crippen LogP contribution < -0.4 is 19.5 Å². The van der Waals surface area contributed by atoms with Crippen molar-refractivity contribution in [1.29, 1.82) is 0 Å². The summed E-state index contributed by atoms with van der Waals surface area (Å²) in [5, 5.41) is 2.95. The molecule has 0 aliphatic heterocycles. The van der Waals surface area contributed by atoms with Gasteiger partial charge in [0, 0.05) is 12.1 Å². The SMILES string of the molecule is CC[C@H](C)c1ccc(NC(=O)CCc2cc(OC)c(OC)c(OC)c2)cc1. The number of benzene rings is 2. The second-order valence-electron chi connectivity index (χ2n) is 6.51. The fraction of sp³-hybridized carbons (Fsp3) is 0.409. The summed E-state index contributed by atoms with van der Waals surface area (Å²) in [4.78, 5) is 12.3. The third-order valence-electron chi connectivity index (χ3n) is 4.74. The molecule has 0 aliphatic carbocycles. The molecule has 0 fully saturated rings. The molecule has 5 nitrogen and oxygen atoms in total. The summed E-state index contributed by atoms with van der Waals surface area (Å²) in [6.45, 7) is 4.37. The summed E-state index contributed by atoms with van der Waals surface area (Å²) in [5.41, 5.74) is 3.05. The van der Waals surface area contributed by atoms with Crippen molar-refractivity contribution in [3.63, 3.8) is 0 Å². The average Bonchev–Trinajstić information content (AvgIpc) is 2.71. The molecule has 0 unspecified atom stereocenters. The number of hydrogen-bond donors (Lipinski definition) is 1. The van der Waals surface area contributed by atoms with Crippen LogP contribution in [0.1, 0.15) is 43.7 Å². The predicted octanol–water partition coefficient (Wildman–Crippen LogP) is 4.80. The maximum absolute atomic E-state index is 12.3. The van der Waals surface area contributed by atoms with Crippen molar-refractivity contribution in [3.8, 4) is 17.2 Å². The minimum Gasteiger partial charge on any atom is -0.493 e. The van der Waals surface area contributed by atoms with E-state index in [9.17, 15) is 4.79 Å². The first-order valence-electron chi connectivity index (χ1n) is 9.21. The molecule has 2 rings (SSSR count). The van der Waals surface area contributed by atoms with Crippen LogP contribution in [0.2, 0.25) is 0 Å². The molecule has 0 aromatic heterocycles. The van der Waals surface area contributed by atoms with Crippen LogP contribution in [0.4, 0.5) is 5.69 Å². The van der Waals surface area contributed by atoms with E-state index in [0.29, 0.717) is 36.0 Å². The summed E-state index contributed by atoms with van der Waals surface area (Å²) < 4.78 is 16.0. The van der Waals surface area contributed by atoms with E-state index in [2.05, 4.69) is 31.3 Å². The number of hydrogen-bond acceptors (Lipinski definition) is 4. The fourth-order valence-electron chi connectivity index (χ4n) is 2.89. The largest absolute Gasteiger partial charge is 0.493 e. The Labute approximate surface area is 161 Å². The van der Waals surface area contributed by atoms with E-state index >= 15 is 0 Å². The minimum absolute atomic E-state index is 0.0277. The van der Waals surface area contributed by atoms with E-state index in [0.717, 1.165) is 17.7 Å². The van der Waals surface area contributed by atoms with E-state index in [1.165, 1.54) is 5.56 Å². The van der Waals surface area contributed by atoms with Crippen LogP contribution in [0.3, 0.4) is 0 Å². The number of methoxy groups -OCH3 is 3. The van der Waals surface area contributed by atoms with E-state index in [1.807, 2.05) is 24.3 Å². The van der Waals surface area contributed by atoms with Crippen molar-refractivity contribution in [1.82, 2.24) is 0 Å². The molecule has 5 heteroatoms. The van der Waals surface area contributed by atoms with Crippen molar-refractivity contribution in [2.24, 2.45) is 0 Å². The molecule has 0 saturated heterocycles. The molecule has 1 N–H and O–H groups in total. The van der Waals surface area contributed by atoms with Crippen LogP contribution >= 0.6 is 0 Å². The number of anilines is 1.